The van der Waals surface area contributed by atoms with Gasteiger partial charge in [-0.25, -0.2) is 4.99 Å². The van der Waals surface area contributed by atoms with E-state index in [4.69, 9.17) is 21.0 Å². The van der Waals surface area contributed by atoms with Crippen molar-refractivity contribution < 1.29 is 9.84 Å². The first-order valence-corrected chi connectivity index (χ1v) is 8.04. The first-order valence-electron chi connectivity index (χ1n) is 8.04. The monoisotopic (exact) mass is 328 g/mol. The fraction of sp³-hybridized carbons (Fsp3) is 0.333. The third-order valence-corrected chi connectivity index (χ3v) is 3.64. The Kier molecular flexibility index (Phi) is 6.14. The number of allylic oxidation sites excluding steroid dienone is 2. The SMILES string of the molecule is CCOC1=CC(=Nc2ccc(N(CC)CCO)cc2)C(N)=CC1=N. The summed E-state index contributed by atoms with van der Waals surface area (Å²) in [5, 5.41) is 17.0. The summed E-state index contributed by atoms with van der Waals surface area (Å²) < 4.78 is 5.43. The molecule has 24 heavy (non-hydrogen) atoms. The van der Waals surface area contributed by atoms with E-state index < -0.39 is 0 Å². The maximum absolute atomic E-state index is 9.10. The highest BCUT2D eigenvalue weighted by atomic mass is 16.5. The van der Waals surface area contributed by atoms with Crippen molar-refractivity contribution in [3.8, 4) is 0 Å². The predicted molar refractivity (Wildman–Crippen MR) is 98.2 cm³/mol. The Morgan fingerprint density at radius 3 is 2.50 bits per heavy atom. The van der Waals surface area contributed by atoms with Gasteiger partial charge in [-0.2, -0.15) is 0 Å². The van der Waals surface area contributed by atoms with Crippen molar-refractivity contribution in [3.05, 3.63) is 47.9 Å². The molecule has 0 unspecified atom stereocenters. The molecule has 0 aliphatic heterocycles. The van der Waals surface area contributed by atoms with E-state index in [0.29, 0.717) is 30.3 Å². The number of hydrogen-bond acceptors (Lipinski definition) is 6. The van der Waals surface area contributed by atoms with Crippen LogP contribution in [0, 0.1) is 5.41 Å². The zero-order valence-corrected chi connectivity index (χ0v) is 14.1. The molecule has 128 valence electrons. The minimum atomic E-state index is 0.121. The number of nitrogens with one attached hydrogen (secondary N) is 1. The lowest BCUT2D eigenvalue weighted by Gasteiger charge is -2.22. The molecule has 1 aromatic rings. The van der Waals surface area contributed by atoms with E-state index in [1.807, 2.05) is 38.1 Å². The van der Waals surface area contributed by atoms with Gasteiger partial charge in [-0.05, 0) is 44.2 Å². The van der Waals surface area contributed by atoms with E-state index >= 15 is 0 Å². The molecule has 0 bridgehead atoms. The Hall–Kier alpha value is -2.60. The number of nitrogens with two attached hydrogens (primary N) is 1. The molecule has 0 aromatic heterocycles. The number of aliphatic hydroxyl groups is 1. The van der Waals surface area contributed by atoms with Crippen molar-refractivity contribution in [2.75, 3.05) is 31.2 Å². The zero-order valence-electron chi connectivity index (χ0n) is 14.1. The van der Waals surface area contributed by atoms with Gasteiger partial charge < -0.3 is 20.5 Å². The normalized spacial score (nSPS) is 16.0. The molecule has 4 N–H and O–H groups in total. The minimum Gasteiger partial charge on any atom is -0.492 e. The maximum atomic E-state index is 9.10. The van der Waals surface area contributed by atoms with Gasteiger partial charge in [0.2, 0.25) is 0 Å². The molecule has 6 nitrogen and oxygen atoms in total. The Labute approximate surface area is 142 Å². The van der Waals surface area contributed by atoms with Crippen molar-refractivity contribution >= 4 is 22.8 Å². The molecule has 0 saturated heterocycles. The summed E-state index contributed by atoms with van der Waals surface area (Å²) in [4.78, 5) is 6.62. The topological polar surface area (TPSA) is 94.9 Å². The number of nitrogens with zero attached hydrogens (tertiary/aromatic N) is 2. The molecule has 1 aliphatic rings. The first kappa shape index (κ1) is 17.7. The third-order valence-electron chi connectivity index (χ3n) is 3.64. The number of benzene rings is 1. The van der Waals surface area contributed by atoms with E-state index in [9.17, 15) is 0 Å². The molecule has 0 saturated carbocycles. The fourth-order valence-electron chi connectivity index (χ4n) is 2.43. The molecule has 2 rings (SSSR count). The second-order valence-electron chi connectivity index (χ2n) is 5.27. The Bertz CT molecular complexity index is 675. The summed E-state index contributed by atoms with van der Waals surface area (Å²) in [6.45, 7) is 5.95. The third kappa shape index (κ3) is 4.23. The van der Waals surface area contributed by atoms with Gasteiger partial charge in [0.1, 0.15) is 5.76 Å². The molecule has 6 heteroatoms. The molecule has 1 aliphatic carbocycles. The van der Waals surface area contributed by atoms with Crippen LogP contribution in [0.4, 0.5) is 11.4 Å². The van der Waals surface area contributed by atoms with Gasteiger partial charge in [0, 0.05) is 24.9 Å². The lowest BCUT2D eigenvalue weighted by Crippen LogP contribution is -2.25. The molecule has 0 fully saturated rings. The van der Waals surface area contributed by atoms with Crippen LogP contribution >= 0.6 is 0 Å². The largest absolute Gasteiger partial charge is 0.492 e. The van der Waals surface area contributed by atoms with Crippen molar-refractivity contribution in [1.82, 2.24) is 0 Å². The molecule has 0 heterocycles. The highest BCUT2D eigenvalue weighted by Crippen LogP contribution is 2.22. The summed E-state index contributed by atoms with van der Waals surface area (Å²) in [6.07, 6.45) is 3.25. The smallest absolute Gasteiger partial charge is 0.146 e. The Morgan fingerprint density at radius 2 is 1.92 bits per heavy atom. The van der Waals surface area contributed by atoms with E-state index in [1.165, 1.54) is 0 Å². The summed E-state index contributed by atoms with van der Waals surface area (Å²) in [5.41, 5.74) is 9.07. The summed E-state index contributed by atoms with van der Waals surface area (Å²) >= 11 is 0. The molecule has 0 atom stereocenters. The van der Waals surface area contributed by atoms with Gasteiger partial charge in [-0.15, -0.1) is 0 Å². The van der Waals surface area contributed by atoms with E-state index in [1.54, 1.807) is 12.2 Å². The van der Waals surface area contributed by atoms with Crippen LogP contribution in [0.3, 0.4) is 0 Å². The molecular formula is C18H24N4O2. The Morgan fingerprint density at radius 1 is 1.21 bits per heavy atom. The molecule has 1 aromatic carbocycles. The number of aliphatic imine (C=N–C) groups is 1. The summed E-state index contributed by atoms with van der Waals surface area (Å²) in [5.74, 6) is 0.474. The second-order valence-corrected chi connectivity index (χ2v) is 5.27. The van der Waals surface area contributed by atoms with Crippen molar-refractivity contribution in [3.63, 3.8) is 0 Å². The van der Waals surface area contributed by atoms with Crippen LogP contribution in [-0.2, 0) is 4.74 Å². The fourth-order valence-corrected chi connectivity index (χ4v) is 2.43. The lowest BCUT2D eigenvalue weighted by atomic mass is 10.1. The van der Waals surface area contributed by atoms with Crippen LogP contribution in [0.5, 0.6) is 0 Å². The van der Waals surface area contributed by atoms with Crippen LogP contribution in [0.15, 0.2) is 52.9 Å². The van der Waals surface area contributed by atoms with Gasteiger partial charge in [-0.1, -0.05) is 0 Å². The minimum absolute atomic E-state index is 0.121. The number of hydrogen-bond donors (Lipinski definition) is 3. The maximum Gasteiger partial charge on any atom is 0.146 e. The summed E-state index contributed by atoms with van der Waals surface area (Å²) in [6, 6.07) is 7.75. The number of ether oxygens (including phenoxy) is 1. The highest BCUT2D eigenvalue weighted by Gasteiger charge is 2.15. The van der Waals surface area contributed by atoms with E-state index in [2.05, 4.69) is 9.89 Å². The van der Waals surface area contributed by atoms with Crippen molar-refractivity contribution in [1.29, 1.82) is 5.41 Å². The van der Waals surface area contributed by atoms with Crippen LogP contribution in [0.1, 0.15) is 13.8 Å². The van der Waals surface area contributed by atoms with E-state index in [0.717, 1.165) is 17.9 Å². The van der Waals surface area contributed by atoms with Gasteiger partial charge in [0.15, 0.2) is 0 Å². The van der Waals surface area contributed by atoms with Gasteiger partial charge in [-0.3, -0.25) is 5.41 Å². The van der Waals surface area contributed by atoms with Gasteiger partial charge in [0.05, 0.1) is 36.0 Å². The average molecular weight is 328 g/mol. The van der Waals surface area contributed by atoms with Crippen LogP contribution in [0.2, 0.25) is 0 Å². The van der Waals surface area contributed by atoms with Crippen LogP contribution in [-0.4, -0.2) is 42.8 Å². The number of anilines is 1. The number of likely N-dealkylation sites (N-methyl/N-ethyl adjacent to an activating group) is 1. The standard InChI is InChI=1S/C18H24N4O2/c1-3-22(9-10-23)14-7-5-13(6-8-14)21-17-12-18(24-4-2)16(20)11-15(17)19/h5-8,11-12,20,23H,3-4,9-10,19H2,1-2H3. The first-order chi connectivity index (χ1) is 11.6. The van der Waals surface area contributed by atoms with Crippen LogP contribution < -0.4 is 10.6 Å². The molecule has 0 amide bonds. The average Bonchev–Trinajstić information content (AvgIpc) is 2.58. The molecular weight excluding hydrogens is 304 g/mol. The van der Waals surface area contributed by atoms with Crippen LogP contribution in [0.25, 0.3) is 0 Å². The zero-order chi connectivity index (χ0) is 17.5. The quantitative estimate of drug-likeness (QED) is 0.670. The van der Waals surface area contributed by atoms with Crippen molar-refractivity contribution in [2.45, 2.75) is 13.8 Å². The number of aliphatic hydroxyl groups excluding tert-OH is 1. The molecule has 0 radical (unpaired) electrons. The van der Waals surface area contributed by atoms with Gasteiger partial charge >= 0.3 is 0 Å². The second kappa shape index (κ2) is 8.31. The Balaban J connectivity index is 2.24. The van der Waals surface area contributed by atoms with Gasteiger partial charge in [0.25, 0.3) is 0 Å². The predicted octanol–water partition coefficient (Wildman–Crippen LogP) is 2.37. The highest BCUT2D eigenvalue weighted by molar-refractivity contribution is 6.22. The number of rotatable bonds is 7. The molecule has 0 spiro atoms. The van der Waals surface area contributed by atoms with Crippen molar-refractivity contribution in [2.24, 2.45) is 10.7 Å². The van der Waals surface area contributed by atoms with E-state index in [-0.39, 0.29) is 12.3 Å². The lowest BCUT2D eigenvalue weighted by molar-refractivity contribution is 0.250. The summed E-state index contributed by atoms with van der Waals surface area (Å²) in [7, 11) is 0.